The molecule has 2 N–H and O–H groups in total. The molecule has 144 valence electrons. The molecule has 0 aliphatic heterocycles. The van der Waals surface area contributed by atoms with E-state index in [9.17, 15) is 9.59 Å². The molecule has 0 aliphatic carbocycles. The number of primary amides is 1. The van der Waals surface area contributed by atoms with Crippen LogP contribution >= 0.6 is 43.5 Å². The number of carbonyl (C=O) groups is 1. The Labute approximate surface area is 181 Å². The van der Waals surface area contributed by atoms with Crippen LogP contribution in [-0.2, 0) is 4.79 Å². The monoisotopic (exact) mass is 526 g/mol. The molecule has 3 aromatic rings. The highest BCUT2D eigenvalue weighted by molar-refractivity contribution is 9.10. The molecule has 10 heteroatoms. The van der Waals surface area contributed by atoms with Gasteiger partial charge in [0.05, 0.1) is 21.6 Å². The Bertz CT molecular complexity index is 1180. The van der Waals surface area contributed by atoms with Crippen LogP contribution in [0.5, 0.6) is 5.75 Å². The predicted molar refractivity (Wildman–Crippen MR) is 115 cm³/mol. The van der Waals surface area contributed by atoms with Crippen molar-refractivity contribution in [2.45, 2.75) is 6.92 Å². The van der Waals surface area contributed by atoms with Gasteiger partial charge in [-0.05, 0) is 53.2 Å². The molecule has 2 aromatic carbocycles. The molecule has 1 amide bonds. The number of rotatable bonds is 5. The molecule has 28 heavy (non-hydrogen) atoms. The summed E-state index contributed by atoms with van der Waals surface area (Å²) in [6.07, 6.45) is 1.41. The molecular formula is C18H13Br2ClN4O3. The SMILES string of the molecule is Cc1nc2ccc(Br)cc2c(=O)n1N=Cc1cc(Cl)cc(Br)c1OCC(N)=O. The largest absolute Gasteiger partial charge is 0.482 e. The van der Waals surface area contributed by atoms with Crippen LogP contribution in [0.4, 0.5) is 0 Å². The second-order valence-corrected chi connectivity index (χ2v) is 7.95. The summed E-state index contributed by atoms with van der Waals surface area (Å²) in [6.45, 7) is 1.37. The number of ether oxygens (including phenoxy) is 1. The number of carbonyl (C=O) groups excluding carboxylic acids is 1. The number of aromatic nitrogens is 2. The highest BCUT2D eigenvalue weighted by Gasteiger charge is 2.12. The van der Waals surface area contributed by atoms with E-state index in [0.29, 0.717) is 37.5 Å². The molecule has 0 saturated heterocycles. The third-order valence-corrected chi connectivity index (χ3v) is 4.98. The fourth-order valence-electron chi connectivity index (χ4n) is 2.49. The Balaban J connectivity index is 2.09. The number of nitrogens with zero attached hydrogens (tertiary/aromatic N) is 3. The van der Waals surface area contributed by atoms with Gasteiger partial charge in [-0.1, -0.05) is 27.5 Å². The van der Waals surface area contributed by atoms with Crippen LogP contribution in [-0.4, -0.2) is 28.4 Å². The maximum Gasteiger partial charge on any atom is 0.282 e. The van der Waals surface area contributed by atoms with Gasteiger partial charge in [-0.3, -0.25) is 9.59 Å². The van der Waals surface area contributed by atoms with Crippen molar-refractivity contribution < 1.29 is 9.53 Å². The van der Waals surface area contributed by atoms with Gasteiger partial charge in [-0.15, -0.1) is 0 Å². The van der Waals surface area contributed by atoms with Crippen LogP contribution in [0.15, 0.2) is 49.2 Å². The maximum atomic E-state index is 12.8. The van der Waals surface area contributed by atoms with Crippen LogP contribution in [0.25, 0.3) is 10.9 Å². The lowest BCUT2D eigenvalue weighted by Crippen LogP contribution is -2.21. The van der Waals surface area contributed by atoms with Crippen LogP contribution in [0.1, 0.15) is 11.4 Å². The fraction of sp³-hybridized carbons (Fsp3) is 0.111. The summed E-state index contributed by atoms with van der Waals surface area (Å²) in [4.78, 5) is 28.3. The number of hydrogen-bond donors (Lipinski definition) is 1. The normalized spacial score (nSPS) is 11.3. The van der Waals surface area contributed by atoms with E-state index in [1.807, 2.05) is 6.07 Å². The zero-order valence-electron chi connectivity index (χ0n) is 14.4. The average Bonchev–Trinajstić information content (AvgIpc) is 2.61. The molecular weight excluding hydrogens is 515 g/mol. The molecule has 1 heterocycles. The Hall–Kier alpha value is -2.23. The summed E-state index contributed by atoms with van der Waals surface area (Å²) >= 11 is 12.8. The zero-order chi connectivity index (χ0) is 20.4. The molecule has 3 rings (SSSR count). The zero-order valence-corrected chi connectivity index (χ0v) is 18.4. The van der Waals surface area contributed by atoms with Crippen LogP contribution in [0.2, 0.25) is 5.02 Å². The average molecular weight is 529 g/mol. The van der Waals surface area contributed by atoms with Crippen LogP contribution < -0.4 is 16.0 Å². The molecule has 0 saturated carbocycles. The summed E-state index contributed by atoms with van der Waals surface area (Å²) in [7, 11) is 0. The molecule has 1 aromatic heterocycles. The molecule has 0 radical (unpaired) electrons. The Kier molecular flexibility index (Phi) is 6.17. The van der Waals surface area contributed by atoms with Crippen molar-refractivity contribution in [1.82, 2.24) is 9.66 Å². The molecule has 0 atom stereocenters. The summed E-state index contributed by atoms with van der Waals surface area (Å²) in [5.74, 6) is 0.118. The van der Waals surface area contributed by atoms with Crippen molar-refractivity contribution in [1.29, 1.82) is 0 Å². The Morgan fingerprint density at radius 2 is 2.11 bits per heavy atom. The number of aryl methyl sites for hydroxylation is 1. The maximum absolute atomic E-state index is 12.8. The van der Waals surface area contributed by atoms with Gasteiger partial charge >= 0.3 is 0 Å². The van der Waals surface area contributed by atoms with E-state index in [0.717, 1.165) is 4.47 Å². The Morgan fingerprint density at radius 3 is 2.82 bits per heavy atom. The van der Waals surface area contributed by atoms with Crippen molar-refractivity contribution in [2.75, 3.05) is 6.61 Å². The van der Waals surface area contributed by atoms with E-state index < -0.39 is 5.91 Å². The van der Waals surface area contributed by atoms with Gasteiger partial charge in [-0.25, -0.2) is 4.98 Å². The first-order valence-electron chi connectivity index (χ1n) is 7.89. The minimum Gasteiger partial charge on any atom is -0.482 e. The number of benzene rings is 2. The molecule has 0 aliphatic rings. The number of halogens is 3. The van der Waals surface area contributed by atoms with E-state index in [1.54, 1.807) is 31.2 Å². The van der Waals surface area contributed by atoms with Gasteiger partial charge in [0.2, 0.25) is 0 Å². The van der Waals surface area contributed by atoms with E-state index in [4.69, 9.17) is 22.1 Å². The predicted octanol–water partition coefficient (Wildman–Crippen LogP) is 3.63. The first-order valence-corrected chi connectivity index (χ1v) is 9.86. The quantitative estimate of drug-likeness (QED) is 0.511. The lowest BCUT2D eigenvalue weighted by atomic mass is 10.2. The van der Waals surface area contributed by atoms with Crippen molar-refractivity contribution >= 4 is 66.5 Å². The fourth-order valence-corrected chi connectivity index (χ4v) is 3.80. The minimum atomic E-state index is -0.624. The van der Waals surface area contributed by atoms with Gasteiger partial charge < -0.3 is 10.5 Å². The van der Waals surface area contributed by atoms with E-state index in [1.165, 1.54) is 10.9 Å². The Morgan fingerprint density at radius 1 is 1.36 bits per heavy atom. The third kappa shape index (κ3) is 4.43. The molecule has 0 bridgehead atoms. The highest BCUT2D eigenvalue weighted by atomic mass is 79.9. The first-order chi connectivity index (χ1) is 13.3. The lowest BCUT2D eigenvalue weighted by Gasteiger charge is -2.11. The number of nitrogens with two attached hydrogens (primary N) is 1. The lowest BCUT2D eigenvalue weighted by molar-refractivity contribution is -0.119. The van der Waals surface area contributed by atoms with E-state index in [2.05, 4.69) is 41.9 Å². The molecule has 7 nitrogen and oxygen atoms in total. The van der Waals surface area contributed by atoms with Crippen molar-refractivity contribution in [3.8, 4) is 5.75 Å². The van der Waals surface area contributed by atoms with Gasteiger partial charge in [0.25, 0.3) is 11.5 Å². The topological polar surface area (TPSA) is 99.6 Å². The number of fused-ring (bicyclic) bond motifs is 1. The summed E-state index contributed by atoms with van der Waals surface area (Å²) in [6, 6.07) is 8.46. The van der Waals surface area contributed by atoms with E-state index in [-0.39, 0.29) is 12.2 Å². The summed E-state index contributed by atoms with van der Waals surface area (Å²) in [5, 5.41) is 5.10. The first kappa shape index (κ1) is 20.5. The minimum absolute atomic E-state index is 0.314. The number of amides is 1. The van der Waals surface area contributed by atoms with Crippen molar-refractivity contribution in [2.24, 2.45) is 10.8 Å². The van der Waals surface area contributed by atoms with Crippen molar-refractivity contribution in [3.05, 3.63) is 66.0 Å². The standard InChI is InChI=1S/C18H13Br2ClN4O3/c1-9-24-15-3-2-11(19)5-13(15)18(27)25(9)23-7-10-4-12(21)6-14(20)17(10)28-8-16(22)26/h2-7H,8H2,1H3,(H2,22,26). The third-order valence-electron chi connectivity index (χ3n) is 3.68. The van der Waals surface area contributed by atoms with E-state index >= 15 is 0 Å². The van der Waals surface area contributed by atoms with Gasteiger partial charge in [0.1, 0.15) is 11.6 Å². The van der Waals surface area contributed by atoms with Gasteiger partial charge in [-0.2, -0.15) is 9.78 Å². The smallest absolute Gasteiger partial charge is 0.282 e. The second kappa shape index (κ2) is 8.42. The van der Waals surface area contributed by atoms with Crippen LogP contribution in [0, 0.1) is 6.92 Å². The number of hydrogen-bond acceptors (Lipinski definition) is 5. The van der Waals surface area contributed by atoms with Crippen LogP contribution in [0.3, 0.4) is 0 Å². The summed E-state index contributed by atoms with van der Waals surface area (Å²) in [5.41, 5.74) is 5.86. The molecule has 0 unspecified atom stereocenters. The molecule has 0 fully saturated rings. The highest BCUT2D eigenvalue weighted by Crippen LogP contribution is 2.32. The van der Waals surface area contributed by atoms with Crippen molar-refractivity contribution in [3.63, 3.8) is 0 Å². The second-order valence-electron chi connectivity index (χ2n) is 5.74. The summed E-state index contributed by atoms with van der Waals surface area (Å²) < 4.78 is 7.90. The van der Waals surface area contributed by atoms with Gasteiger partial charge in [0, 0.05) is 15.1 Å². The van der Waals surface area contributed by atoms with Gasteiger partial charge in [0.15, 0.2) is 6.61 Å². The molecule has 0 spiro atoms.